The van der Waals surface area contributed by atoms with Gasteiger partial charge in [-0.05, 0) is 47.7 Å². The van der Waals surface area contributed by atoms with Crippen molar-refractivity contribution in [3.63, 3.8) is 0 Å². The number of carbonyl (C=O) groups is 1. The average molecular weight is 512 g/mol. The fraction of sp³-hybridized carbons (Fsp3) is 0.150. The lowest BCUT2D eigenvalue weighted by atomic mass is 10.1. The van der Waals surface area contributed by atoms with E-state index in [0.29, 0.717) is 19.3 Å². The van der Waals surface area contributed by atoms with Gasteiger partial charge in [0.05, 0.1) is 28.7 Å². The van der Waals surface area contributed by atoms with Crippen molar-refractivity contribution in [2.24, 2.45) is 4.99 Å². The number of aromatic nitrogens is 2. The van der Waals surface area contributed by atoms with Gasteiger partial charge in [0.1, 0.15) is 4.38 Å². The number of alkyl halides is 3. The molecule has 0 aliphatic carbocycles. The predicted molar refractivity (Wildman–Crippen MR) is 120 cm³/mol. The van der Waals surface area contributed by atoms with Crippen LogP contribution in [0.25, 0.3) is 17.0 Å². The molecule has 1 aliphatic rings. The summed E-state index contributed by atoms with van der Waals surface area (Å²) in [5.41, 5.74) is 0.953. The van der Waals surface area contributed by atoms with E-state index < -0.39 is 11.7 Å². The van der Waals surface area contributed by atoms with Gasteiger partial charge < -0.3 is 0 Å². The van der Waals surface area contributed by atoms with Gasteiger partial charge in [0.15, 0.2) is 0 Å². The molecule has 0 bridgehead atoms. The molecule has 3 aromatic rings. The maximum atomic E-state index is 13.4. The third kappa shape index (κ3) is 4.35. The topological polar surface area (TPSA) is 47.2 Å². The molecule has 0 saturated heterocycles. The third-order valence-corrected chi connectivity index (χ3v) is 6.90. The molecule has 0 spiro atoms. The van der Waals surface area contributed by atoms with E-state index in [1.165, 1.54) is 34.3 Å². The molecule has 1 amide bonds. The molecular formula is C20H13BrF3N3OS2. The quantitative estimate of drug-likeness (QED) is 0.392. The molecule has 0 atom stereocenters. The second kappa shape index (κ2) is 8.24. The van der Waals surface area contributed by atoms with E-state index in [4.69, 9.17) is 0 Å². The molecule has 0 saturated carbocycles. The summed E-state index contributed by atoms with van der Waals surface area (Å²) in [5.74, 6) is -0.268. The highest BCUT2D eigenvalue weighted by molar-refractivity contribution is 9.10. The van der Waals surface area contributed by atoms with Crippen LogP contribution in [0.5, 0.6) is 0 Å². The van der Waals surface area contributed by atoms with Crippen LogP contribution in [0.4, 0.5) is 13.2 Å². The zero-order valence-electron chi connectivity index (χ0n) is 15.4. The monoisotopic (exact) mass is 511 g/mol. The number of nitrogens with zero attached hydrogens (tertiary/aromatic N) is 3. The minimum Gasteiger partial charge on any atom is -0.266 e. The van der Waals surface area contributed by atoms with Gasteiger partial charge in [-0.25, -0.2) is 0 Å². The maximum Gasteiger partial charge on any atom is 0.416 e. The second-order valence-corrected chi connectivity index (χ2v) is 9.42. The van der Waals surface area contributed by atoms with E-state index in [1.807, 2.05) is 18.4 Å². The first kappa shape index (κ1) is 21.2. The molecule has 4 rings (SSSR count). The van der Waals surface area contributed by atoms with Crippen molar-refractivity contribution in [2.45, 2.75) is 12.7 Å². The number of rotatable bonds is 3. The first-order valence-corrected chi connectivity index (χ1v) is 11.5. The van der Waals surface area contributed by atoms with Gasteiger partial charge >= 0.3 is 6.18 Å². The molecular weight excluding hydrogens is 499 g/mol. The first-order valence-electron chi connectivity index (χ1n) is 8.62. The maximum absolute atomic E-state index is 13.4. The molecule has 1 aromatic heterocycles. The highest BCUT2D eigenvalue weighted by atomic mass is 79.9. The molecule has 2 heterocycles. The van der Waals surface area contributed by atoms with Crippen molar-refractivity contribution < 1.29 is 18.0 Å². The van der Waals surface area contributed by atoms with Crippen LogP contribution in [0, 0.1) is 0 Å². The van der Waals surface area contributed by atoms with Gasteiger partial charge in [0.2, 0.25) is 0 Å². The number of carbonyl (C=O) groups excluding carboxylic acids is 1. The lowest BCUT2D eigenvalue weighted by molar-refractivity contribution is -0.138. The normalized spacial score (nSPS) is 16.0. The van der Waals surface area contributed by atoms with Crippen LogP contribution in [0.2, 0.25) is 0 Å². The van der Waals surface area contributed by atoms with E-state index >= 15 is 0 Å². The van der Waals surface area contributed by atoms with Crippen LogP contribution in [0.1, 0.15) is 16.7 Å². The number of fused-ring (bicyclic) bond motifs is 1. The molecule has 30 heavy (non-hydrogen) atoms. The van der Waals surface area contributed by atoms with Crippen LogP contribution in [0.15, 0.2) is 57.0 Å². The Kier molecular flexibility index (Phi) is 5.82. The van der Waals surface area contributed by atoms with Crippen LogP contribution in [-0.4, -0.2) is 26.3 Å². The standard InChI is InChI=1S/C20H13BrF3N3OS2/c1-29-19-26-18(28)17(30-19)7-11-2-5-16-13(6-11)9-25-27(16)10-12-3-4-14(21)8-15(12)20(22,23)24/h2-9H,10H2,1H3/b17-7-. The van der Waals surface area contributed by atoms with Crippen LogP contribution in [0.3, 0.4) is 0 Å². The van der Waals surface area contributed by atoms with E-state index in [9.17, 15) is 18.0 Å². The average Bonchev–Trinajstić information content (AvgIpc) is 3.25. The Labute approximate surface area is 186 Å². The predicted octanol–water partition coefficient (Wildman–Crippen LogP) is 6.20. The fourth-order valence-electron chi connectivity index (χ4n) is 3.06. The smallest absolute Gasteiger partial charge is 0.266 e. The van der Waals surface area contributed by atoms with E-state index in [-0.39, 0.29) is 18.0 Å². The van der Waals surface area contributed by atoms with Crippen molar-refractivity contribution >= 4 is 66.7 Å². The summed E-state index contributed by atoms with van der Waals surface area (Å²) in [5, 5.41) is 5.04. The van der Waals surface area contributed by atoms with E-state index in [2.05, 4.69) is 26.0 Å². The molecule has 0 radical (unpaired) electrons. The first-order chi connectivity index (χ1) is 14.2. The molecule has 10 heteroatoms. The summed E-state index contributed by atoms with van der Waals surface area (Å²) in [6.45, 7) is -0.00861. The zero-order valence-corrected chi connectivity index (χ0v) is 18.6. The van der Waals surface area contributed by atoms with Crippen molar-refractivity contribution in [3.05, 3.63) is 68.7 Å². The molecule has 0 N–H and O–H groups in total. The van der Waals surface area contributed by atoms with Gasteiger partial charge in [-0.15, -0.1) is 11.8 Å². The third-order valence-electron chi connectivity index (χ3n) is 4.44. The minimum atomic E-state index is -4.45. The number of hydrogen-bond acceptors (Lipinski definition) is 4. The molecule has 1 aliphatic heterocycles. The number of amides is 1. The van der Waals surface area contributed by atoms with Crippen LogP contribution < -0.4 is 0 Å². The molecule has 154 valence electrons. The van der Waals surface area contributed by atoms with Crippen molar-refractivity contribution in [3.8, 4) is 0 Å². The Balaban J connectivity index is 1.64. The van der Waals surface area contributed by atoms with Crippen molar-refractivity contribution in [2.75, 3.05) is 6.26 Å². The summed E-state index contributed by atoms with van der Waals surface area (Å²) < 4.78 is 42.8. The Morgan fingerprint density at radius 3 is 2.73 bits per heavy atom. The number of hydrogen-bond donors (Lipinski definition) is 0. The van der Waals surface area contributed by atoms with Gasteiger partial charge in [0, 0.05) is 9.86 Å². The molecule has 2 aromatic carbocycles. The van der Waals surface area contributed by atoms with Crippen LogP contribution >= 0.6 is 39.5 Å². The highest BCUT2D eigenvalue weighted by Gasteiger charge is 2.33. The Hall–Kier alpha value is -2.04. The van der Waals surface area contributed by atoms with E-state index in [1.54, 1.807) is 24.4 Å². The number of benzene rings is 2. The summed E-state index contributed by atoms with van der Waals surface area (Å²) in [7, 11) is 0. The lowest BCUT2D eigenvalue weighted by Crippen LogP contribution is -2.12. The van der Waals surface area contributed by atoms with Gasteiger partial charge in [-0.3, -0.25) is 9.48 Å². The largest absolute Gasteiger partial charge is 0.416 e. The second-order valence-electron chi connectivity index (χ2n) is 6.42. The number of halogens is 4. The fourth-order valence-corrected chi connectivity index (χ4v) is 4.84. The Morgan fingerprint density at radius 1 is 1.23 bits per heavy atom. The van der Waals surface area contributed by atoms with Crippen LogP contribution in [-0.2, 0) is 17.5 Å². The lowest BCUT2D eigenvalue weighted by Gasteiger charge is -2.14. The van der Waals surface area contributed by atoms with Gasteiger partial charge in [-0.2, -0.15) is 23.3 Å². The number of thioether (sulfide) groups is 2. The molecule has 0 fully saturated rings. The summed E-state index contributed by atoms with van der Waals surface area (Å²) in [4.78, 5) is 16.4. The van der Waals surface area contributed by atoms with Gasteiger partial charge in [0.25, 0.3) is 5.91 Å². The Morgan fingerprint density at radius 2 is 2.03 bits per heavy atom. The summed E-state index contributed by atoms with van der Waals surface area (Å²) in [6, 6.07) is 9.56. The highest BCUT2D eigenvalue weighted by Crippen LogP contribution is 2.35. The van der Waals surface area contributed by atoms with Crippen molar-refractivity contribution in [1.29, 1.82) is 0 Å². The Bertz CT molecular complexity index is 1220. The summed E-state index contributed by atoms with van der Waals surface area (Å²) >= 11 is 5.84. The van der Waals surface area contributed by atoms with Gasteiger partial charge in [-0.1, -0.05) is 39.8 Å². The number of aliphatic imine (C=N–C) groups is 1. The SMILES string of the molecule is CSC1=NC(=O)/C(=C/c2ccc3c(cnn3Cc3ccc(Br)cc3C(F)(F)F)c2)S1. The molecule has 4 nitrogen and oxygen atoms in total. The van der Waals surface area contributed by atoms with E-state index in [0.717, 1.165) is 17.0 Å². The zero-order chi connectivity index (χ0) is 21.5. The minimum absolute atomic E-state index is 0.00861. The molecule has 0 unspecified atom stereocenters. The summed E-state index contributed by atoms with van der Waals surface area (Å²) in [6.07, 6.45) is 0.770. The van der Waals surface area contributed by atoms with Crippen molar-refractivity contribution in [1.82, 2.24) is 9.78 Å².